The van der Waals surface area contributed by atoms with Gasteiger partial charge in [0.2, 0.25) is 0 Å². The molecule has 0 radical (unpaired) electrons. The molecule has 3 heterocycles. The Morgan fingerprint density at radius 3 is 2.89 bits per heavy atom. The predicted octanol–water partition coefficient (Wildman–Crippen LogP) is 2.90. The van der Waals surface area contributed by atoms with E-state index in [0.717, 1.165) is 46.8 Å². The van der Waals surface area contributed by atoms with Gasteiger partial charge in [0, 0.05) is 29.0 Å². The second-order valence-corrected chi connectivity index (χ2v) is 6.58. The number of piperidine rings is 1. The van der Waals surface area contributed by atoms with Crippen molar-refractivity contribution in [3.63, 3.8) is 0 Å². The van der Waals surface area contributed by atoms with Crippen LogP contribution in [0.2, 0.25) is 0 Å². The Kier molecular flexibility index (Phi) is 3.81. The molecule has 1 aliphatic heterocycles. The Labute approximate surface area is 124 Å². The van der Waals surface area contributed by atoms with E-state index in [2.05, 4.69) is 42.5 Å². The molecule has 0 amide bonds. The van der Waals surface area contributed by atoms with E-state index < -0.39 is 0 Å². The van der Waals surface area contributed by atoms with Gasteiger partial charge in [0.1, 0.15) is 5.69 Å². The van der Waals surface area contributed by atoms with Crippen LogP contribution in [0.3, 0.4) is 0 Å². The molecule has 0 bridgehead atoms. The van der Waals surface area contributed by atoms with E-state index in [-0.39, 0.29) is 6.04 Å². The van der Waals surface area contributed by atoms with E-state index in [1.807, 2.05) is 12.1 Å². The van der Waals surface area contributed by atoms with E-state index in [9.17, 15) is 0 Å². The molecular weight excluding hydrogens is 324 g/mol. The van der Waals surface area contributed by atoms with Crippen LogP contribution >= 0.6 is 27.3 Å². The van der Waals surface area contributed by atoms with Crippen molar-refractivity contribution >= 4 is 33.1 Å². The predicted molar refractivity (Wildman–Crippen MR) is 82.5 cm³/mol. The highest BCUT2D eigenvalue weighted by Gasteiger charge is 2.18. The average molecular weight is 339 g/mol. The zero-order valence-corrected chi connectivity index (χ0v) is 12.8. The number of hydrogen-bond acceptors (Lipinski definition) is 5. The van der Waals surface area contributed by atoms with Crippen LogP contribution in [-0.4, -0.2) is 29.3 Å². The molecule has 1 saturated heterocycles. The first-order chi connectivity index (χ1) is 9.22. The molecular formula is C13H15BrN4S. The highest BCUT2D eigenvalue weighted by molar-refractivity contribution is 9.10. The van der Waals surface area contributed by atoms with Crippen LogP contribution < -0.4 is 10.6 Å². The maximum absolute atomic E-state index is 5.99. The monoisotopic (exact) mass is 338 g/mol. The number of rotatable bonds is 2. The SMILES string of the molecule is NC1CCCN(c2ccc(-c3cc(Br)cs3)nn2)C1. The van der Waals surface area contributed by atoms with Gasteiger partial charge in [0.05, 0.1) is 4.88 Å². The van der Waals surface area contributed by atoms with E-state index in [1.54, 1.807) is 11.3 Å². The first-order valence-corrected chi connectivity index (χ1v) is 7.98. The number of halogens is 1. The second kappa shape index (κ2) is 5.56. The summed E-state index contributed by atoms with van der Waals surface area (Å²) in [6.07, 6.45) is 2.23. The van der Waals surface area contributed by atoms with Crippen LogP contribution in [-0.2, 0) is 0 Å². The molecule has 0 aromatic carbocycles. The summed E-state index contributed by atoms with van der Waals surface area (Å²) < 4.78 is 1.08. The number of anilines is 1. The van der Waals surface area contributed by atoms with Gasteiger partial charge in [-0.1, -0.05) is 0 Å². The van der Waals surface area contributed by atoms with Gasteiger partial charge < -0.3 is 10.6 Å². The highest BCUT2D eigenvalue weighted by atomic mass is 79.9. The summed E-state index contributed by atoms with van der Waals surface area (Å²) in [7, 11) is 0. The van der Waals surface area contributed by atoms with Crippen LogP contribution in [0.1, 0.15) is 12.8 Å². The van der Waals surface area contributed by atoms with E-state index in [0.29, 0.717) is 0 Å². The Bertz CT molecular complexity index is 554. The number of aromatic nitrogens is 2. The zero-order valence-electron chi connectivity index (χ0n) is 10.4. The van der Waals surface area contributed by atoms with E-state index >= 15 is 0 Å². The normalized spacial score (nSPS) is 19.7. The van der Waals surface area contributed by atoms with Gasteiger partial charge in [-0.3, -0.25) is 0 Å². The minimum absolute atomic E-state index is 0.253. The van der Waals surface area contributed by atoms with E-state index in [1.165, 1.54) is 0 Å². The van der Waals surface area contributed by atoms with Crippen molar-refractivity contribution in [2.45, 2.75) is 18.9 Å². The smallest absolute Gasteiger partial charge is 0.151 e. The van der Waals surface area contributed by atoms with Crippen molar-refractivity contribution in [1.82, 2.24) is 10.2 Å². The third-order valence-corrected chi connectivity index (χ3v) is 4.97. The minimum Gasteiger partial charge on any atom is -0.354 e. The molecule has 6 heteroatoms. The summed E-state index contributed by atoms with van der Waals surface area (Å²) in [5.41, 5.74) is 6.91. The van der Waals surface area contributed by atoms with Crippen molar-refractivity contribution in [1.29, 1.82) is 0 Å². The summed E-state index contributed by atoms with van der Waals surface area (Å²) in [5, 5.41) is 10.7. The van der Waals surface area contributed by atoms with Gasteiger partial charge in [0.15, 0.2) is 5.82 Å². The number of nitrogens with zero attached hydrogens (tertiary/aromatic N) is 3. The highest BCUT2D eigenvalue weighted by Crippen LogP contribution is 2.28. The minimum atomic E-state index is 0.253. The molecule has 2 N–H and O–H groups in total. The van der Waals surface area contributed by atoms with Gasteiger partial charge in [-0.25, -0.2) is 0 Å². The zero-order chi connectivity index (χ0) is 13.2. The standard InChI is InChI=1S/C13H15BrN4S/c14-9-6-12(19-8-9)11-3-4-13(17-16-11)18-5-1-2-10(15)7-18/h3-4,6,8,10H,1-2,5,7,15H2. The Morgan fingerprint density at radius 1 is 1.37 bits per heavy atom. The maximum atomic E-state index is 5.99. The molecule has 0 spiro atoms. The Balaban J connectivity index is 1.78. The van der Waals surface area contributed by atoms with Gasteiger partial charge in [-0.05, 0) is 47.0 Å². The van der Waals surface area contributed by atoms with Crippen molar-refractivity contribution in [2.24, 2.45) is 5.73 Å². The molecule has 19 heavy (non-hydrogen) atoms. The summed E-state index contributed by atoms with van der Waals surface area (Å²) >= 11 is 5.11. The molecule has 100 valence electrons. The van der Waals surface area contributed by atoms with Gasteiger partial charge >= 0.3 is 0 Å². The van der Waals surface area contributed by atoms with Crippen LogP contribution in [0.4, 0.5) is 5.82 Å². The topological polar surface area (TPSA) is 55.0 Å². The Morgan fingerprint density at radius 2 is 2.26 bits per heavy atom. The quantitative estimate of drug-likeness (QED) is 0.914. The molecule has 1 fully saturated rings. The molecule has 1 unspecified atom stereocenters. The fourth-order valence-electron chi connectivity index (χ4n) is 2.29. The Hall–Kier alpha value is -0.980. The number of thiophene rings is 1. The molecule has 3 rings (SSSR count). The summed E-state index contributed by atoms with van der Waals surface area (Å²) in [4.78, 5) is 3.34. The van der Waals surface area contributed by atoms with Crippen molar-refractivity contribution in [3.8, 4) is 10.6 Å². The molecule has 1 atom stereocenters. The van der Waals surface area contributed by atoms with Crippen LogP contribution in [0.25, 0.3) is 10.6 Å². The number of hydrogen-bond donors (Lipinski definition) is 1. The first kappa shape index (κ1) is 13.0. The lowest BCUT2D eigenvalue weighted by molar-refractivity contribution is 0.502. The fraction of sp³-hybridized carbons (Fsp3) is 0.385. The molecule has 2 aromatic rings. The van der Waals surface area contributed by atoms with Gasteiger partial charge in [-0.2, -0.15) is 0 Å². The first-order valence-electron chi connectivity index (χ1n) is 6.31. The third-order valence-electron chi connectivity index (χ3n) is 3.25. The summed E-state index contributed by atoms with van der Waals surface area (Å²) in [5.74, 6) is 0.925. The van der Waals surface area contributed by atoms with Crippen LogP contribution in [0.15, 0.2) is 28.1 Å². The van der Waals surface area contributed by atoms with E-state index in [4.69, 9.17) is 5.73 Å². The molecule has 0 saturated carbocycles. The summed E-state index contributed by atoms with van der Waals surface area (Å²) in [6.45, 7) is 1.89. The lowest BCUT2D eigenvalue weighted by Gasteiger charge is -2.31. The number of nitrogens with two attached hydrogens (primary N) is 1. The van der Waals surface area contributed by atoms with Crippen LogP contribution in [0.5, 0.6) is 0 Å². The molecule has 4 nitrogen and oxygen atoms in total. The third kappa shape index (κ3) is 2.96. The van der Waals surface area contributed by atoms with Crippen molar-refractivity contribution in [3.05, 3.63) is 28.1 Å². The fourth-order valence-corrected chi connectivity index (χ4v) is 3.68. The second-order valence-electron chi connectivity index (χ2n) is 4.75. The lowest BCUT2D eigenvalue weighted by Crippen LogP contribution is -2.43. The van der Waals surface area contributed by atoms with Crippen molar-refractivity contribution in [2.75, 3.05) is 18.0 Å². The largest absolute Gasteiger partial charge is 0.354 e. The van der Waals surface area contributed by atoms with Crippen molar-refractivity contribution < 1.29 is 0 Å². The lowest BCUT2D eigenvalue weighted by atomic mass is 10.1. The van der Waals surface area contributed by atoms with Crippen LogP contribution in [0, 0.1) is 0 Å². The molecule has 2 aromatic heterocycles. The molecule has 0 aliphatic carbocycles. The average Bonchev–Trinajstić information content (AvgIpc) is 2.86. The summed E-state index contributed by atoms with van der Waals surface area (Å²) in [6, 6.07) is 6.38. The maximum Gasteiger partial charge on any atom is 0.151 e. The van der Waals surface area contributed by atoms with Gasteiger partial charge in [-0.15, -0.1) is 21.5 Å². The molecule has 1 aliphatic rings. The van der Waals surface area contributed by atoms with Gasteiger partial charge in [0.25, 0.3) is 0 Å².